The normalized spacial score (nSPS) is 17.3. The van der Waals surface area contributed by atoms with E-state index in [2.05, 4.69) is 45.3 Å². The fraction of sp³-hybridized carbons (Fsp3) is 0.400. The summed E-state index contributed by atoms with van der Waals surface area (Å²) in [6.45, 7) is 4.17. The summed E-state index contributed by atoms with van der Waals surface area (Å²) in [5.41, 5.74) is 2.58. The van der Waals surface area contributed by atoms with Crippen molar-refractivity contribution in [2.45, 2.75) is 31.7 Å². The number of anilines is 3. The molecule has 0 spiro atoms. The number of piperazine rings is 1. The van der Waals surface area contributed by atoms with Gasteiger partial charge in [-0.2, -0.15) is 10.2 Å². The van der Waals surface area contributed by atoms with E-state index in [0.29, 0.717) is 22.1 Å². The first kappa shape index (κ1) is 21.9. The van der Waals surface area contributed by atoms with Crippen molar-refractivity contribution in [3.63, 3.8) is 0 Å². The van der Waals surface area contributed by atoms with Gasteiger partial charge in [-0.05, 0) is 44.2 Å². The van der Waals surface area contributed by atoms with Crippen molar-refractivity contribution >= 4 is 49.4 Å². The first-order valence-electron chi connectivity index (χ1n) is 12.0. The number of hydrogen-bond donors (Lipinski definition) is 1. The van der Waals surface area contributed by atoms with Crippen LogP contribution in [0.3, 0.4) is 0 Å². The number of rotatable bonds is 4. The molecule has 4 aromatic rings. The molecule has 0 atom stereocenters. The molecule has 1 aromatic carbocycles. The van der Waals surface area contributed by atoms with E-state index in [0.717, 1.165) is 62.1 Å². The largest absolute Gasteiger partial charge is 0.369 e. The number of pyridine rings is 1. The fourth-order valence-corrected chi connectivity index (χ4v) is 5.98. The number of fused-ring (bicyclic) bond motifs is 2. The Kier molecular flexibility index (Phi) is 5.59. The number of nitrogens with one attached hydrogen (secondary N) is 1. The molecule has 35 heavy (non-hydrogen) atoms. The zero-order valence-corrected chi connectivity index (χ0v) is 20.4. The van der Waals surface area contributed by atoms with Gasteiger partial charge in [0.2, 0.25) is 5.95 Å². The number of nitrogens with zero attached hydrogens (tertiary/aromatic N) is 7. The number of nitriles is 1. The van der Waals surface area contributed by atoms with Crippen molar-refractivity contribution in [2.24, 2.45) is 0 Å². The minimum Gasteiger partial charge on any atom is -0.369 e. The molecule has 10 heteroatoms. The highest BCUT2D eigenvalue weighted by atomic mass is 32.1. The second kappa shape index (κ2) is 8.91. The van der Waals surface area contributed by atoms with Crippen LogP contribution in [0.2, 0.25) is 0 Å². The van der Waals surface area contributed by atoms with Crippen LogP contribution in [-0.4, -0.2) is 57.6 Å². The summed E-state index contributed by atoms with van der Waals surface area (Å²) in [4.78, 5) is 31.6. The Morgan fingerprint density at radius 1 is 1.11 bits per heavy atom. The summed E-state index contributed by atoms with van der Waals surface area (Å²) in [6, 6.07) is 10.1. The van der Waals surface area contributed by atoms with Crippen molar-refractivity contribution in [1.82, 2.24) is 24.4 Å². The molecule has 1 aliphatic heterocycles. The predicted molar refractivity (Wildman–Crippen MR) is 139 cm³/mol. The third-order valence-corrected chi connectivity index (χ3v) is 7.98. The van der Waals surface area contributed by atoms with Gasteiger partial charge in [0.15, 0.2) is 5.13 Å². The van der Waals surface area contributed by atoms with Crippen LogP contribution in [0.25, 0.3) is 21.3 Å². The van der Waals surface area contributed by atoms with E-state index >= 15 is 0 Å². The van der Waals surface area contributed by atoms with Crippen LogP contribution in [0.5, 0.6) is 0 Å². The molecule has 4 heterocycles. The lowest BCUT2D eigenvalue weighted by Gasteiger charge is -2.34. The number of benzene rings is 1. The van der Waals surface area contributed by atoms with Crippen LogP contribution in [0, 0.1) is 11.3 Å². The van der Waals surface area contributed by atoms with Crippen LogP contribution in [-0.2, 0) is 0 Å². The van der Waals surface area contributed by atoms with Crippen molar-refractivity contribution in [1.29, 1.82) is 5.26 Å². The van der Waals surface area contributed by atoms with E-state index in [9.17, 15) is 10.1 Å². The second-order valence-corrected chi connectivity index (χ2v) is 10.4. The molecule has 0 amide bonds. The Hall–Kier alpha value is -3.55. The van der Waals surface area contributed by atoms with Crippen LogP contribution in [0.15, 0.2) is 35.3 Å². The van der Waals surface area contributed by atoms with Gasteiger partial charge in [0.1, 0.15) is 17.3 Å². The molecule has 1 aliphatic carbocycles. The Balaban J connectivity index is 1.32. The Labute approximate surface area is 206 Å². The SMILES string of the molecule is CN1CCN(c2ccc3nc(Nc4ncc5cc(C#N)c(=O)n(C6CCCC6)c5n4)sc3c2)CC1. The average Bonchev–Trinajstić information content (AvgIpc) is 3.53. The Bertz CT molecular complexity index is 1510. The predicted octanol–water partition coefficient (Wildman–Crippen LogP) is 3.88. The maximum Gasteiger partial charge on any atom is 0.270 e. The van der Waals surface area contributed by atoms with Crippen LogP contribution >= 0.6 is 11.3 Å². The minimum atomic E-state index is -0.270. The summed E-state index contributed by atoms with van der Waals surface area (Å²) >= 11 is 1.56. The molecule has 1 N–H and O–H groups in total. The molecule has 3 aromatic heterocycles. The standard InChI is InChI=1S/C25H26N8OS/c1-31-8-10-32(11-9-31)19-6-7-20-21(13-19)35-25(28-20)30-24-27-15-17-12-16(14-26)23(34)33(22(17)29-24)18-4-2-3-5-18/h6-7,12-13,15,18H,2-5,8-11H2,1H3,(H,27,28,29,30). The highest BCUT2D eigenvalue weighted by Gasteiger charge is 2.23. The van der Waals surface area contributed by atoms with Gasteiger partial charge in [-0.25, -0.2) is 9.97 Å². The van der Waals surface area contributed by atoms with Gasteiger partial charge < -0.3 is 9.80 Å². The fourth-order valence-electron chi connectivity index (χ4n) is 5.09. The number of thiazole rings is 1. The van der Waals surface area contributed by atoms with E-state index in [1.807, 2.05) is 6.07 Å². The lowest BCUT2D eigenvalue weighted by Crippen LogP contribution is -2.44. The van der Waals surface area contributed by atoms with E-state index in [1.54, 1.807) is 28.2 Å². The van der Waals surface area contributed by atoms with Crippen molar-refractivity contribution in [3.8, 4) is 6.07 Å². The monoisotopic (exact) mass is 486 g/mol. The molecule has 1 saturated heterocycles. The van der Waals surface area contributed by atoms with Crippen molar-refractivity contribution < 1.29 is 0 Å². The highest BCUT2D eigenvalue weighted by Crippen LogP contribution is 2.33. The van der Waals surface area contributed by atoms with Gasteiger partial charge in [-0.1, -0.05) is 24.2 Å². The summed E-state index contributed by atoms with van der Waals surface area (Å²) in [6.07, 6.45) is 5.67. The zero-order valence-electron chi connectivity index (χ0n) is 19.6. The smallest absolute Gasteiger partial charge is 0.270 e. The summed E-state index contributed by atoms with van der Waals surface area (Å²) in [5, 5.41) is 14.1. The van der Waals surface area contributed by atoms with Crippen LogP contribution in [0.1, 0.15) is 37.3 Å². The average molecular weight is 487 g/mol. The third-order valence-electron chi connectivity index (χ3n) is 7.04. The molecule has 178 valence electrons. The summed E-state index contributed by atoms with van der Waals surface area (Å²) in [7, 11) is 2.16. The quantitative estimate of drug-likeness (QED) is 0.464. The van der Waals surface area contributed by atoms with Crippen molar-refractivity contribution in [2.75, 3.05) is 43.4 Å². The highest BCUT2D eigenvalue weighted by molar-refractivity contribution is 7.22. The van der Waals surface area contributed by atoms with Gasteiger partial charge in [0.05, 0.1) is 10.2 Å². The first-order valence-corrected chi connectivity index (χ1v) is 12.8. The van der Waals surface area contributed by atoms with E-state index in [-0.39, 0.29) is 17.2 Å². The topological polar surface area (TPSA) is 103 Å². The summed E-state index contributed by atoms with van der Waals surface area (Å²) < 4.78 is 2.81. The van der Waals surface area contributed by atoms with Gasteiger partial charge in [0, 0.05) is 49.5 Å². The third kappa shape index (κ3) is 4.11. The molecule has 9 nitrogen and oxygen atoms in total. The molecule has 0 radical (unpaired) electrons. The number of aromatic nitrogens is 4. The van der Waals surface area contributed by atoms with E-state index < -0.39 is 0 Å². The maximum absolute atomic E-state index is 13.0. The van der Waals surface area contributed by atoms with E-state index in [1.165, 1.54) is 5.69 Å². The molecule has 6 rings (SSSR count). The van der Waals surface area contributed by atoms with Gasteiger partial charge >= 0.3 is 0 Å². The Morgan fingerprint density at radius 2 is 1.91 bits per heavy atom. The lowest BCUT2D eigenvalue weighted by molar-refractivity contribution is 0.313. The van der Waals surface area contributed by atoms with E-state index in [4.69, 9.17) is 9.97 Å². The molecule has 0 bridgehead atoms. The maximum atomic E-state index is 13.0. The van der Waals surface area contributed by atoms with Crippen LogP contribution < -0.4 is 15.8 Å². The van der Waals surface area contributed by atoms with Crippen molar-refractivity contribution in [3.05, 3.63) is 46.4 Å². The van der Waals surface area contributed by atoms with Gasteiger partial charge in [-0.3, -0.25) is 14.7 Å². The lowest BCUT2D eigenvalue weighted by atomic mass is 10.2. The molecular formula is C25H26N8OS. The van der Waals surface area contributed by atoms with Gasteiger partial charge in [0.25, 0.3) is 5.56 Å². The second-order valence-electron chi connectivity index (χ2n) is 9.34. The molecule has 0 unspecified atom stereocenters. The minimum absolute atomic E-state index is 0.0662. The molecule has 1 saturated carbocycles. The first-order chi connectivity index (χ1) is 17.1. The number of hydrogen-bond acceptors (Lipinski definition) is 9. The van der Waals surface area contributed by atoms with Crippen LogP contribution in [0.4, 0.5) is 16.8 Å². The number of likely N-dealkylation sites (N-methyl/N-ethyl adjacent to an activating group) is 1. The van der Waals surface area contributed by atoms with Gasteiger partial charge in [-0.15, -0.1) is 0 Å². The Morgan fingerprint density at radius 3 is 2.69 bits per heavy atom. The zero-order chi connectivity index (χ0) is 23.9. The molecule has 2 fully saturated rings. The molecular weight excluding hydrogens is 460 g/mol. The summed E-state index contributed by atoms with van der Waals surface area (Å²) in [5.74, 6) is 0.395. The molecule has 2 aliphatic rings.